The second-order valence-electron chi connectivity index (χ2n) is 2.56. The summed E-state index contributed by atoms with van der Waals surface area (Å²) >= 11 is 0. The van der Waals surface area contributed by atoms with Gasteiger partial charge in [0.25, 0.3) is 0 Å². The highest BCUT2D eigenvalue weighted by Crippen LogP contribution is 2.06. The molecule has 0 radical (unpaired) electrons. The quantitative estimate of drug-likeness (QED) is 0.749. The van der Waals surface area contributed by atoms with Crippen LogP contribution >= 0.6 is 0 Å². The first kappa shape index (κ1) is 18.4. The van der Waals surface area contributed by atoms with Crippen molar-refractivity contribution in [3.05, 3.63) is 35.4 Å². The highest BCUT2D eigenvalue weighted by molar-refractivity contribution is 5.93. The number of carbonyl (C=O) groups excluding carboxylic acids is 2. The number of aliphatic hydroxyl groups is 2. The van der Waals surface area contributed by atoms with Gasteiger partial charge in [0.2, 0.25) is 0 Å². The van der Waals surface area contributed by atoms with Crippen molar-refractivity contribution >= 4 is 11.9 Å². The molecule has 0 spiro atoms. The molecule has 18 heavy (non-hydrogen) atoms. The van der Waals surface area contributed by atoms with Crippen LogP contribution in [-0.2, 0) is 9.47 Å². The van der Waals surface area contributed by atoms with E-state index in [9.17, 15) is 9.59 Å². The van der Waals surface area contributed by atoms with Gasteiger partial charge in [0, 0.05) is 14.2 Å². The largest absolute Gasteiger partial charge is 0.465 e. The lowest BCUT2D eigenvalue weighted by atomic mass is 10.1. The molecular weight excluding hydrogens is 240 g/mol. The topological polar surface area (TPSA) is 93.1 Å². The Morgan fingerprint density at radius 3 is 1.17 bits per heavy atom. The number of hydrogen-bond acceptors (Lipinski definition) is 6. The van der Waals surface area contributed by atoms with Gasteiger partial charge in [-0.15, -0.1) is 0 Å². The number of benzene rings is 1. The van der Waals surface area contributed by atoms with E-state index < -0.39 is 11.9 Å². The van der Waals surface area contributed by atoms with Gasteiger partial charge in [-0.2, -0.15) is 0 Å². The summed E-state index contributed by atoms with van der Waals surface area (Å²) in [5, 5.41) is 14.0. The monoisotopic (exact) mass is 258 g/mol. The average molecular weight is 258 g/mol. The molecular formula is C12H18O6. The SMILES string of the molecule is CO.CO.COC(=O)c1ccc(C(=O)OC)cc1. The standard InChI is InChI=1S/C10H10O4.2CH4O/c1-13-9(11)7-3-5-8(6-4-7)10(12)14-2;2*1-2/h3-6H,1-2H3;2*2H,1H3. The number of ether oxygens (including phenoxy) is 2. The van der Waals surface area contributed by atoms with Gasteiger partial charge in [-0.05, 0) is 24.3 Å². The minimum absolute atomic E-state index is 0.403. The molecule has 6 heteroatoms. The molecule has 0 aromatic heterocycles. The fourth-order valence-electron chi connectivity index (χ4n) is 0.978. The zero-order valence-corrected chi connectivity index (χ0v) is 10.8. The van der Waals surface area contributed by atoms with E-state index >= 15 is 0 Å². The molecule has 0 aliphatic carbocycles. The van der Waals surface area contributed by atoms with Crippen molar-refractivity contribution < 1.29 is 29.3 Å². The smallest absolute Gasteiger partial charge is 0.337 e. The Labute approximate surface area is 106 Å². The molecule has 0 bridgehead atoms. The van der Waals surface area contributed by atoms with Gasteiger partial charge in [-0.3, -0.25) is 0 Å². The van der Waals surface area contributed by atoms with Crippen molar-refractivity contribution in [2.24, 2.45) is 0 Å². The van der Waals surface area contributed by atoms with Gasteiger partial charge < -0.3 is 19.7 Å². The van der Waals surface area contributed by atoms with Gasteiger partial charge in [0.1, 0.15) is 0 Å². The van der Waals surface area contributed by atoms with Crippen LogP contribution in [0.3, 0.4) is 0 Å². The van der Waals surface area contributed by atoms with Crippen LogP contribution in [0.15, 0.2) is 24.3 Å². The van der Waals surface area contributed by atoms with Crippen molar-refractivity contribution in [3.8, 4) is 0 Å². The molecule has 2 N–H and O–H groups in total. The lowest BCUT2D eigenvalue weighted by molar-refractivity contribution is 0.0586. The van der Waals surface area contributed by atoms with E-state index in [0.29, 0.717) is 11.1 Å². The Balaban J connectivity index is 0. The van der Waals surface area contributed by atoms with Crippen molar-refractivity contribution in [1.82, 2.24) is 0 Å². The van der Waals surface area contributed by atoms with Crippen molar-refractivity contribution in [2.75, 3.05) is 28.4 Å². The van der Waals surface area contributed by atoms with E-state index in [-0.39, 0.29) is 0 Å². The highest BCUT2D eigenvalue weighted by Gasteiger charge is 2.08. The Morgan fingerprint density at radius 1 is 0.778 bits per heavy atom. The van der Waals surface area contributed by atoms with Gasteiger partial charge in [0.15, 0.2) is 0 Å². The van der Waals surface area contributed by atoms with Crippen LogP contribution in [0.4, 0.5) is 0 Å². The van der Waals surface area contributed by atoms with E-state index in [0.717, 1.165) is 14.2 Å². The molecule has 0 aliphatic heterocycles. The van der Waals surface area contributed by atoms with E-state index in [1.165, 1.54) is 38.5 Å². The van der Waals surface area contributed by atoms with Crippen LogP contribution in [-0.4, -0.2) is 50.6 Å². The van der Waals surface area contributed by atoms with Crippen LogP contribution in [0.2, 0.25) is 0 Å². The van der Waals surface area contributed by atoms with Crippen LogP contribution in [0, 0.1) is 0 Å². The van der Waals surface area contributed by atoms with Crippen LogP contribution in [0.1, 0.15) is 20.7 Å². The molecule has 0 unspecified atom stereocenters. The van der Waals surface area contributed by atoms with Gasteiger partial charge >= 0.3 is 11.9 Å². The summed E-state index contributed by atoms with van der Waals surface area (Å²) < 4.78 is 9.02. The fourth-order valence-corrected chi connectivity index (χ4v) is 0.978. The maximum Gasteiger partial charge on any atom is 0.337 e. The summed E-state index contributed by atoms with van der Waals surface area (Å²) in [6.07, 6.45) is 0. The molecule has 6 nitrogen and oxygen atoms in total. The predicted molar refractivity (Wildman–Crippen MR) is 65.4 cm³/mol. The van der Waals surface area contributed by atoms with E-state index in [1.54, 1.807) is 0 Å². The maximum absolute atomic E-state index is 11.0. The van der Waals surface area contributed by atoms with Crippen molar-refractivity contribution in [3.63, 3.8) is 0 Å². The van der Waals surface area contributed by atoms with Gasteiger partial charge in [-0.1, -0.05) is 0 Å². The van der Waals surface area contributed by atoms with E-state index in [2.05, 4.69) is 9.47 Å². The number of hydrogen-bond donors (Lipinski definition) is 2. The molecule has 1 aromatic rings. The third-order valence-corrected chi connectivity index (χ3v) is 1.73. The number of methoxy groups -OCH3 is 2. The lowest BCUT2D eigenvalue weighted by Gasteiger charge is -2.00. The predicted octanol–water partition coefficient (Wildman–Crippen LogP) is 0.477. The molecule has 1 rings (SSSR count). The van der Waals surface area contributed by atoms with Crippen LogP contribution < -0.4 is 0 Å². The third-order valence-electron chi connectivity index (χ3n) is 1.73. The second kappa shape index (κ2) is 11.6. The Hall–Kier alpha value is -1.92. The van der Waals surface area contributed by atoms with Crippen molar-refractivity contribution in [1.29, 1.82) is 0 Å². The minimum atomic E-state index is -0.429. The lowest BCUT2D eigenvalue weighted by Crippen LogP contribution is -2.04. The summed E-state index contributed by atoms with van der Waals surface area (Å²) in [6.45, 7) is 0. The van der Waals surface area contributed by atoms with E-state index in [4.69, 9.17) is 10.2 Å². The third kappa shape index (κ3) is 5.97. The summed E-state index contributed by atoms with van der Waals surface area (Å²) in [5.74, 6) is -0.858. The van der Waals surface area contributed by atoms with Gasteiger partial charge in [-0.25, -0.2) is 9.59 Å². The van der Waals surface area contributed by atoms with Crippen LogP contribution in [0.25, 0.3) is 0 Å². The number of rotatable bonds is 2. The van der Waals surface area contributed by atoms with E-state index in [1.807, 2.05) is 0 Å². The first-order valence-corrected chi connectivity index (χ1v) is 4.85. The first-order chi connectivity index (χ1) is 8.69. The molecule has 0 amide bonds. The molecule has 1 aromatic carbocycles. The highest BCUT2D eigenvalue weighted by atomic mass is 16.5. The zero-order valence-electron chi connectivity index (χ0n) is 10.8. The normalized spacial score (nSPS) is 7.89. The number of carbonyl (C=O) groups is 2. The van der Waals surface area contributed by atoms with Crippen molar-refractivity contribution in [2.45, 2.75) is 0 Å². The average Bonchev–Trinajstić information content (AvgIpc) is 2.49. The molecule has 0 aliphatic rings. The first-order valence-electron chi connectivity index (χ1n) is 4.85. The summed E-state index contributed by atoms with van der Waals surface area (Å²) in [7, 11) is 4.60. The molecule has 102 valence electrons. The number of esters is 2. The minimum Gasteiger partial charge on any atom is -0.465 e. The summed E-state index contributed by atoms with van der Waals surface area (Å²) in [5.41, 5.74) is 0.806. The Kier molecular flexibility index (Phi) is 11.8. The number of aliphatic hydroxyl groups excluding tert-OH is 2. The molecule has 0 atom stereocenters. The summed E-state index contributed by atoms with van der Waals surface area (Å²) in [6, 6.07) is 6.05. The molecule has 0 fully saturated rings. The Morgan fingerprint density at radius 2 is 1.00 bits per heavy atom. The fraction of sp³-hybridized carbons (Fsp3) is 0.333. The molecule has 0 saturated carbocycles. The van der Waals surface area contributed by atoms with Gasteiger partial charge in [0.05, 0.1) is 25.3 Å². The second-order valence-corrected chi connectivity index (χ2v) is 2.56. The molecule has 0 heterocycles. The zero-order chi connectivity index (χ0) is 14.6. The summed E-state index contributed by atoms with van der Waals surface area (Å²) in [4.78, 5) is 22.1. The maximum atomic E-state index is 11.0. The molecule has 0 saturated heterocycles. The van der Waals surface area contributed by atoms with Crippen LogP contribution in [0.5, 0.6) is 0 Å². The Bertz CT molecular complexity index is 309.